The number of carbonyl (C=O) groups is 1. The second-order valence-electron chi connectivity index (χ2n) is 5.73. The summed E-state index contributed by atoms with van der Waals surface area (Å²) >= 11 is 1.90. The van der Waals surface area contributed by atoms with E-state index in [4.69, 9.17) is 4.84 Å². The number of aliphatic hydroxyl groups is 1. The van der Waals surface area contributed by atoms with Gasteiger partial charge in [-0.1, -0.05) is 32.3 Å². The van der Waals surface area contributed by atoms with Crippen molar-refractivity contribution in [3.8, 4) is 0 Å². The van der Waals surface area contributed by atoms with Crippen LogP contribution in [0.2, 0.25) is 0 Å². The predicted molar refractivity (Wildman–Crippen MR) is 93.6 cm³/mol. The highest BCUT2D eigenvalue weighted by molar-refractivity contribution is 7.99. The number of aliphatic hydroxyl groups excluding tert-OH is 1. The Labute approximate surface area is 138 Å². The predicted octanol–water partition coefficient (Wildman–Crippen LogP) is 4.50. The van der Waals surface area contributed by atoms with E-state index < -0.39 is 0 Å². The summed E-state index contributed by atoms with van der Waals surface area (Å²) in [4.78, 5) is 17.6. The summed E-state index contributed by atoms with van der Waals surface area (Å²) in [5.41, 5.74) is 1.00. The van der Waals surface area contributed by atoms with Crippen molar-refractivity contribution in [2.45, 2.75) is 65.0 Å². The normalized spacial score (nSPS) is 21.2. The summed E-state index contributed by atoms with van der Waals surface area (Å²) in [6.07, 6.45) is 3.56. The second-order valence-corrected chi connectivity index (χ2v) is 7.44. The number of oxime groups is 1. The summed E-state index contributed by atoms with van der Waals surface area (Å²) < 4.78 is 0. The van der Waals surface area contributed by atoms with Crippen LogP contribution in [0.5, 0.6) is 0 Å². The van der Waals surface area contributed by atoms with Gasteiger partial charge >= 0.3 is 0 Å². The molecule has 0 saturated heterocycles. The highest BCUT2D eigenvalue weighted by atomic mass is 32.2. The zero-order valence-corrected chi connectivity index (χ0v) is 15.0. The second kappa shape index (κ2) is 9.93. The maximum atomic E-state index is 12.5. The highest BCUT2D eigenvalue weighted by Crippen LogP contribution is 2.32. The minimum Gasteiger partial charge on any atom is -0.511 e. The van der Waals surface area contributed by atoms with Gasteiger partial charge in [0.1, 0.15) is 12.4 Å². The van der Waals surface area contributed by atoms with Crippen LogP contribution >= 0.6 is 11.8 Å². The smallest absolute Gasteiger partial charge is 0.168 e. The maximum absolute atomic E-state index is 12.5. The van der Waals surface area contributed by atoms with Crippen molar-refractivity contribution in [2.24, 2.45) is 11.1 Å². The van der Waals surface area contributed by atoms with Gasteiger partial charge in [0.25, 0.3) is 0 Å². The standard InChI is InChI=1S/C17H29NO3S/c1-5-8-14(18-21-6-2)17-15(19)10-13(11-16(17)20)9-12(4)22-7-3/h12-13,19H,5-11H2,1-4H3/b18-14+/t12-,13+/m1/s1. The molecular formula is C17H29NO3S. The first-order valence-electron chi connectivity index (χ1n) is 8.29. The lowest BCUT2D eigenvalue weighted by Crippen LogP contribution is -2.26. The van der Waals surface area contributed by atoms with Crippen LogP contribution in [-0.4, -0.2) is 34.2 Å². The number of hydrogen-bond donors (Lipinski definition) is 1. The molecule has 0 bridgehead atoms. The molecule has 0 aromatic heterocycles. The summed E-state index contributed by atoms with van der Waals surface area (Å²) in [5, 5.41) is 14.9. The van der Waals surface area contributed by atoms with E-state index in [2.05, 4.69) is 19.0 Å². The minimum atomic E-state index is 0.00866. The van der Waals surface area contributed by atoms with Gasteiger partial charge in [-0.3, -0.25) is 4.79 Å². The lowest BCUT2D eigenvalue weighted by atomic mass is 9.82. The monoisotopic (exact) mass is 327 g/mol. The average Bonchev–Trinajstić information content (AvgIpc) is 2.44. The fourth-order valence-electron chi connectivity index (χ4n) is 2.88. The number of Topliss-reactive ketones (excluding diaryl/α,β-unsaturated/α-hetero) is 1. The molecule has 0 spiro atoms. The fraction of sp³-hybridized carbons (Fsp3) is 0.765. The molecule has 4 nitrogen and oxygen atoms in total. The van der Waals surface area contributed by atoms with Crippen molar-refractivity contribution >= 4 is 23.3 Å². The Balaban J connectivity index is 2.85. The number of ketones is 1. The van der Waals surface area contributed by atoms with Crippen LogP contribution < -0.4 is 0 Å². The molecule has 0 aromatic carbocycles. The molecule has 0 heterocycles. The van der Waals surface area contributed by atoms with E-state index >= 15 is 0 Å². The third-order valence-electron chi connectivity index (χ3n) is 3.72. The molecule has 5 heteroatoms. The van der Waals surface area contributed by atoms with E-state index in [0.29, 0.717) is 42.4 Å². The molecule has 1 N–H and O–H groups in total. The van der Waals surface area contributed by atoms with Crippen LogP contribution in [0.1, 0.15) is 59.8 Å². The molecule has 22 heavy (non-hydrogen) atoms. The Morgan fingerprint density at radius 1 is 1.41 bits per heavy atom. The molecule has 0 fully saturated rings. The van der Waals surface area contributed by atoms with Gasteiger partial charge in [0.2, 0.25) is 0 Å². The van der Waals surface area contributed by atoms with Crippen LogP contribution in [0.4, 0.5) is 0 Å². The van der Waals surface area contributed by atoms with Gasteiger partial charge in [-0.25, -0.2) is 0 Å². The molecule has 1 aliphatic carbocycles. The molecule has 0 saturated carbocycles. The summed E-state index contributed by atoms with van der Waals surface area (Å²) in [6.45, 7) is 8.67. The number of allylic oxidation sites excluding steroid dienone is 2. The molecule has 1 rings (SSSR count). The molecule has 0 unspecified atom stereocenters. The molecule has 0 amide bonds. The van der Waals surface area contributed by atoms with Crippen LogP contribution in [0.25, 0.3) is 0 Å². The molecule has 0 aromatic rings. The van der Waals surface area contributed by atoms with Crippen LogP contribution in [-0.2, 0) is 9.63 Å². The molecule has 126 valence electrons. The Hall–Kier alpha value is -0.970. The van der Waals surface area contributed by atoms with Gasteiger partial charge in [-0.2, -0.15) is 11.8 Å². The van der Waals surface area contributed by atoms with Crippen LogP contribution in [0.3, 0.4) is 0 Å². The Morgan fingerprint density at radius 3 is 2.68 bits per heavy atom. The Kier molecular flexibility index (Phi) is 8.61. The maximum Gasteiger partial charge on any atom is 0.168 e. The van der Waals surface area contributed by atoms with E-state index in [1.165, 1.54) is 0 Å². The van der Waals surface area contributed by atoms with Gasteiger partial charge in [-0.05, 0) is 31.4 Å². The van der Waals surface area contributed by atoms with Crippen LogP contribution in [0.15, 0.2) is 16.5 Å². The van der Waals surface area contributed by atoms with Crippen molar-refractivity contribution in [1.82, 2.24) is 0 Å². The first-order valence-corrected chi connectivity index (χ1v) is 9.34. The van der Waals surface area contributed by atoms with Crippen molar-refractivity contribution in [3.05, 3.63) is 11.3 Å². The van der Waals surface area contributed by atoms with Crippen LogP contribution in [0, 0.1) is 5.92 Å². The van der Waals surface area contributed by atoms with Gasteiger partial charge in [0.15, 0.2) is 5.78 Å². The van der Waals surface area contributed by atoms with Crippen molar-refractivity contribution in [2.75, 3.05) is 12.4 Å². The third kappa shape index (κ3) is 5.67. The van der Waals surface area contributed by atoms with E-state index in [0.717, 1.165) is 18.6 Å². The van der Waals surface area contributed by atoms with E-state index in [9.17, 15) is 9.90 Å². The van der Waals surface area contributed by atoms with Gasteiger partial charge < -0.3 is 9.94 Å². The fourth-order valence-corrected chi connectivity index (χ4v) is 3.86. The molecular weight excluding hydrogens is 298 g/mol. The van der Waals surface area contributed by atoms with Crippen molar-refractivity contribution in [3.63, 3.8) is 0 Å². The Morgan fingerprint density at radius 2 is 2.14 bits per heavy atom. The number of hydrogen-bond acceptors (Lipinski definition) is 5. The Bertz CT molecular complexity index is 432. The van der Waals surface area contributed by atoms with Crippen molar-refractivity contribution in [1.29, 1.82) is 0 Å². The lowest BCUT2D eigenvalue weighted by Gasteiger charge is -2.25. The molecule has 1 aliphatic rings. The lowest BCUT2D eigenvalue weighted by molar-refractivity contribution is -0.116. The van der Waals surface area contributed by atoms with Gasteiger partial charge in [0, 0.05) is 18.1 Å². The first kappa shape index (κ1) is 19.1. The number of rotatable bonds is 9. The van der Waals surface area contributed by atoms with E-state index in [1.54, 1.807) is 0 Å². The quantitative estimate of drug-likeness (QED) is 0.500. The zero-order valence-electron chi connectivity index (χ0n) is 14.2. The van der Waals surface area contributed by atoms with Crippen molar-refractivity contribution < 1.29 is 14.7 Å². The zero-order chi connectivity index (χ0) is 16.5. The van der Waals surface area contributed by atoms with E-state index in [-0.39, 0.29) is 17.5 Å². The molecule has 0 aliphatic heterocycles. The summed E-state index contributed by atoms with van der Waals surface area (Å²) in [5.74, 6) is 1.52. The minimum absolute atomic E-state index is 0.00866. The highest BCUT2D eigenvalue weighted by Gasteiger charge is 2.31. The summed E-state index contributed by atoms with van der Waals surface area (Å²) in [6, 6.07) is 0. The first-order chi connectivity index (χ1) is 10.5. The molecule has 2 atom stereocenters. The number of thioether (sulfide) groups is 1. The summed E-state index contributed by atoms with van der Waals surface area (Å²) in [7, 11) is 0. The van der Waals surface area contributed by atoms with Gasteiger partial charge in [0.05, 0.1) is 11.3 Å². The third-order valence-corrected chi connectivity index (χ3v) is 4.81. The van der Waals surface area contributed by atoms with Gasteiger partial charge in [-0.15, -0.1) is 0 Å². The topological polar surface area (TPSA) is 58.9 Å². The molecule has 0 radical (unpaired) electrons. The SMILES string of the molecule is CCC/C(=N\OCC)C1=C(O)C[C@H](C[C@@H](C)SCC)CC1=O. The number of carbonyl (C=O) groups excluding carboxylic acids is 1. The van der Waals surface area contributed by atoms with E-state index in [1.807, 2.05) is 25.6 Å². The largest absolute Gasteiger partial charge is 0.511 e. The average molecular weight is 327 g/mol. The number of nitrogens with zero attached hydrogens (tertiary/aromatic N) is 1.